The van der Waals surface area contributed by atoms with Gasteiger partial charge in [-0.05, 0) is 67.9 Å². The lowest BCUT2D eigenvalue weighted by Gasteiger charge is -2.53. The third-order valence-electron chi connectivity index (χ3n) is 5.11. The number of carbonyl (C=O) groups excluding carboxylic acids is 1. The second-order valence-electron chi connectivity index (χ2n) is 6.28. The van der Waals surface area contributed by atoms with Crippen LogP contribution in [0.15, 0.2) is 22.8 Å². The Balaban J connectivity index is 1.50. The SMILES string of the molecule is O=C(OC1C2CC3CC(C2)CC1C3)c1ccco1. The quantitative estimate of drug-likeness (QED) is 0.752. The molecule has 0 amide bonds. The molecule has 0 radical (unpaired) electrons. The van der Waals surface area contributed by atoms with E-state index in [4.69, 9.17) is 9.15 Å². The van der Waals surface area contributed by atoms with Crippen LogP contribution in [0.5, 0.6) is 0 Å². The van der Waals surface area contributed by atoms with Gasteiger partial charge < -0.3 is 9.15 Å². The van der Waals surface area contributed by atoms with Gasteiger partial charge in [0.25, 0.3) is 0 Å². The van der Waals surface area contributed by atoms with E-state index in [1.54, 1.807) is 12.1 Å². The highest BCUT2D eigenvalue weighted by Gasteiger charge is 2.50. The fourth-order valence-electron chi connectivity index (χ4n) is 4.64. The van der Waals surface area contributed by atoms with E-state index in [2.05, 4.69) is 0 Å². The van der Waals surface area contributed by atoms with Gasteiger partial charge >= 0.3 is 5.97 Å². The third kappa shape index (κ3) is 1.60. The van der Waals surface area contributed by atoms with E-state index in [9.17, 15) is 4.79 Å². The van der Waals surface area contributed by atoms with Crippen LogP contribution in [-0.2, 0) is 4.74 Å². The molecule has 5 rings (SSSR count). The van der Waals surface area contributed by atoms with Crippen LogP contribution in [0, 0.1) is 23.7 Å². The minimum atomic E-state index is -0.280. The van der Waals surface area contributed by atoms with Crippen molar-refractivity contribution >= 4 is 5.97 Å². The molecule has 0 N–H and O–H groups in total. The Hall–Kier alpha value is -1.25. The zero-order valence-electron chi connectivity index (χ0n) is 10.4. The predicted octanol–water partition coefficient (Wildman–Crippen LogP) is 3.26. The normalized spacial score (nSPS) is 41.0. The Morgan fingerprint density at radius 2 is 1.78 bits per heavy atom. The fraction of sp³-hybridized carbons (Fsp3) is 0.667. The molecule has 4 saturated carbocycles. The summed E-state index contributed by atoms with van der Waals surface area (Å²) < 4.78 is 10.9. The summed E-state index contributed by atoms with van der Waals surface area (Å²) in [6, 6.07) is 3.41. The molecule has 3 heteroatoms. The lowest BCUT2D eigenvalue weighted by Crippen LogP contribution is -2.50. The number of rotatable bonds is 2. The van der Waals surface area contributed by atoms with Crippen molar-refractivity contribution in [3.8, 4) is 0 Å². The van der Waals surface area contributed by atoms with E-state index < -0.39 is 0 Å². The summed E-state index contributed by atoms with van der Waals surface area (Å²) in [6.45, 7) is 0. The molecular weight excluding hydrogens is 228 g/mol. The van der Waals surface area contributed by atoms with Gasteiger partial charge in [0.1, 0.15) is 6.10 Å². The number of hydrogen-bond donors (Lipinski definition) is 0. The molecule has 1 heterocycles. The standard InChI is InChI=1S/C15H18O3/c16-15(13-2-1-3-17-13)18-14-11-5-9-4-10(7-11)8-12(14)6-9/h1-3,9-12,14H,4-8H2. The molecule has 0 atom stereocenters. The van der Waals surface area contributed by atoms with Crippen molar-refractivity contribution in [1.29, 1.82) is 0 Å². The van der Waals surface area contributed by atoms with Crippen LogP contribution < -0.4 is 0 Å². The molecule has 0 aliphatic heterocycles. The third-order valence-corrected chi connectivity index (χ3v) is 5.11. The molecule has 0 aromatic carbocycles. The number of carbonyl (C=O) groups is 1. The zero-order chi connectivity index (χ0) is 12.1. The maximum Gasteiger partial charge on any atom is 0.374 e. The average Bonchev–Trinajstić information content (AvgIpc) is 2.86. The van der Waals surface area contributed by atoms with E-state index in [1.807, 2.05) is 0 Å². The van der Waals surface area contributed by atoms with E-state index in [1.165, 1.54) is 38.4 Å². The summed E-state index contributed by atoms with van der Waals surface area (Å²) in [5.74, 6) is 3.10. The Morgan fingerprint density at radius 1 is 1.11 bits per heavy atom. The first-order valence-corrected chi connectivity index (χ1v) is 7.04. The summed E-state index contributed by atoms with van der Waals surface area (Å²) >= 11 is 0. The number of esters is 1. The lowest BCUT2D eigenvalue weighted by atomic mass is 9.55. The van der Waals surface area contributed by atoms with Crippen LogP contribution in [0.3, 0.4) is 0 Å². The fourth-order valence-corrected chi connectivity index (χ4v) is 4.64. The van der Waals surface area contributed by atoms with E-state index in [-0.39, 0.29) is 12.1 Å². The summed E-state index contributed by atoms with van der Waals surface area (Å²) in [6.07, 6.45) is 8.16. The molecule has 4 bridgehead atoms. The maximum absolute atomic E-state index is 12.0. The Labute approximate surface area is 106 Å². The minimum Gasteiger partial charge on any atom is -0.457 e. The van der Waals surface area contributed by atoms with Gasteiger partial charge in [-0.2, -0.15) is 0 Å². The van der Waals surface area contributed by atoms with Crippen molar-refractivity contribution in [3.05, 3.63) is 24.2 Å². The topological polar surface area (TPSA) is 39.4 Å². The molecule has 4 aliphatic rings. The Morgan fingerprint density at radius 3 is 2.33 bits per heavy atom. The first-order valence-electron chi connectivity index (χ1n) is 7.04. The first-order chi connectivity index (χ1) is 8.79. The van der Waals surface area contributed by atoms with Crippen LogP contribution in [0.2, 0.25) is 0 Å². The summed E-state index contributed by atoms with van der Waals surface area (Å²) in [5.41, 5.74) is 0. The highest BCUT2D eigenvalue weighted by atomic mass is 16.6. The smallest absolute Gasteiger partial charge is 0.374 e. The Kier molecular flexibility index (Phi) is 2.29. The molecule has 4 fully saturated rings. The van der Waals surface area contributed by atoms with Crippen LogP contribution in [0.1, 0.15) is 42.7 Å². The highest BCUT2D eigenvalue weighted by Crippen LogP contribution is 2.54. The van der Waals surface area contributed by atoms with Crippen LogP contribution >= 0.6 is 0 Å². The van der Waals surface area contributed by atoms with Crippen molar-refractivity contribution in [2.45, 2.75) is 38.2 Å². The highest BCUT2D eigenvalue weighted by molar-refractivity contribution is 5.86. The molecule has 1 aromatic heterocycles. The molecular formula is C15H18O3. The van der Waals surface area contributed by atoms with Crippen molar-refractivity contribution in [1.82, 2.24) is 0 Å². The van der Waals surface area contributed by atoms with Crippen molar-refractivity contribution in [2.24, 2.45) is 23.7 Å². The molecule has 4 aliphatic carbocycles. The van der Waals surface area contributed by atoms with Crippen LogP contribution in [0.25, 0.3) is 0 Å². The second-order valence-corrected chi connectivity index (χ2v) is 6.28. The van der Waals surface area contributed by atoms with Gasteiger partial charge in [0.2, 0.25) is 5.76 Å². The average molecular weight is 246 g/mol. The van der Waals surface area contributed by atoms with E-state index in [0.29, 0.717) is 17.6 Å². The molecule has 96 valence electrons. The van der Waals surface area contributed by atoms with Crippen molar-refractivity contribution in [3.63, 3.8) is 0 Å². The molecule has 3 nitrogen and oxygen atoms in total. The van der Waals surface area contributed by atoms with E-state index >= 15 is 0 Å². The number of furan rings is 1. The monoisotopic (exact) mass is 246 g/mol. The van der Waals surface area contributed by atoms with Gasteiger partial charge in [0.15, 0.2) is 0 Å². The molecule has 0 saturated heterocycles. The second kappa shape index (κ2) is 3.87. The van der Waals surface area contributed by atoms with Gasteiger partial charge in [0.05, 0.1) is 6.26 Å². The van der Waals surface area contributed by atoms with Gasteiger partial charge in [0, 0.05) is 0 Å². The number of ether oxygens (including phenoxy) is 1. The van der Waals surface area contributed by atoms with Gasteiger partial charge in [-0.15, -0.1) is 0 Å². The maximum atomic E-state index is 12.0. The number of hydrogen-bond acceptors (Lipinski definition) is 3. The lowest BCUT2D eigenvalue weighted by molar-refractivity contribution is -0.102. The van der Waals surface area contributed by atoms with E-state index in [0.717, 1.165) is 11.8 Å². The summed E-state index contributed by atoms with van der Waals surface area (Å²) in [4.78, 5) is 12.0. The van der Waals surface area contributed by atoms with Crippen molar-refractivity contribution in [2.75, 3.05) is 0 Å². The largest absolute Gasteiger partial charge is 0.457 e. The molecule has 1 aromatic rings. The van der Waals surface area contributed by atoms with Gasteiger partial charge in [-0.25, -0.2) is 4.79 Å². The van der Waals surface area contributed by atoms with Crippen LogP contribution in [-0.4, -0.2) is 12.1 Å². The molecule has 18 heavy (non-hydrogen) atoms. The zero-order valence-corrected chi connectivity index (χ0v) is 10.4. The van der Waals surface area contributed by atoms with Gasteiger partial charge in [-0.1, -0.05) is 0 Å². The molecule has 0 unspecified atom stereocenters. The minimum absolute atomic E-state index is 0.149. The summed E-state index contributed by atoms with van der Waals surface area (Å²) in [7, 11) is 0. The molecule has 0 spiro atoms. The predicted molar refractivity (Wildman–Crippen MR) is 65.0 cm³/mol. The first kappa shape index (κ1) is 10.7. The van der Waals surface area contributed by atoms with Crippen LogP contribution in [0.4, 0.5) is 0 Å². The summed E-state index contributed by atoms with van der Waals surface area (Å²) in [5, 5.41) is 0. The Bertz CT molecular complexity index is 420. The van der Waals surface area contributed by atoms with Gasteiger partial charge in [-0.3, -0.25) is 0 Å². The van der Waals surface area contributed by atoms with Crippen molar-refractivity contribution < 1.29 is 13.9 Å².